The molecule has 1 aliphatic heterocycles. The third kappa shape index (κ3) is 4.07. The Morgan fingerprint density at radius 3 is 2.57 bits per heavy atom. The van der Waals surface area contributed by atoms with Crippen molar-refractivity contribution in [3.05, 3.63) is 28.9 Å². The molecular formula is C17H26BrN3. The number of anilines is 1. The molecule has 1 atom stereocenters. The highest BCUT2D eigenvalue weighted by Crippen LogP contribution is 2.27. The van der Waals surface area contributed by atoms with Crippen molar-refractivity contribution in [2.45, 2.75) is 39.7 Å². The van der Waals surface area contributed by atoms with Gasteiger partial charge in [0.2, 0.25) is 0 Å². The number of hydrogen-bond acceptors (Lipinski definition) is 3. The first kappa shape index (κ1) is 16.5. The maximum absolute atomic E-state index is 4.63. The van der Waals surface area contributed by atoms with Crippen LogP contribution in [0.25, 0.3) is 5.57 Å². The molecule has 1 aliphatic rings. The highest BCUT2D eigenvalue weighted by molar-refractivity contribution is 9.10. The van der Waals surface area contributed by atoms with Crippen LogP contribution in [0.3, 0.4) is 0 Å². The van der Waals surface area contributed by atoms with Gasteiger partial charge in [0.15, 0.2) is 0 Å². The van der Waals surface area contributed by atoms with E-state index in [2.05, 4.69) is 57.2 Å². The third-order valence-electron chi connectivity index (χ3n) is 4.26. The highest BCUT2D eigenvalue weighted by Gasteiger charge is 2.22. The second-order valence-electron chi connectivity index (χ2n) is 5.97. The topological polar surface area (TPSA) is 19.4 Å². The smallest absolute Gasteiger partial charge is 0.142 e. The van der Waals surface area contributed by atoms with Gasteiger partial charge in [-0.15, -0.1) is 0 Å². The molecule has 1 unspecified atom stereocenters. The van der Waals surface area contributed by atoms with E-state index in [0.29, 0.717) is 6.04 Å². The van der Waals surface area contributed by atoms with Gasteiger partial charge in [0.25, 0.3) is 0 Å². The van der Waals surface area contributed by atoms with Crippen molar-refractivity contribution in [3.63, 3.8) is 0 Å². The summed E-state index contributed by atoms with van der Waals surface area (Å²) in [5.74, 6) is 1.06. The quantitative estimate of drug-likeness (QED) is 0.792. The van der Waals surface area contributed by atoms with Gasteiger partial charge >= 0.3 is 0 Å². The van der Waals surface area contributed by atoms with Crippen LogP contribution in [-0.2, 0) is 0 Å². The average Bonchev–Trinajstić information content (AvgIpc) is 2.47. The Labute approximate surface area is 137 Å². The molecule has 0 radical (unpaired) electrons. The number of aromatic nitrogens is 1. The van der Waals surface area contributed by atoms with Gasteiger partial charge in [0.05, 0.1) is 4.47 Å². The van der Waals surface area contributed by atoms with Gasteiger partial charge < -0.3 is 4.90 Å². The Morgan fingerprint density at radius 2 is 2.05 bits per heavy atom. The van der Waals surface area contributed by atoms with Gasteiger partial charge in [-0.2, -0.15) is 0 Å². The monoisotopic (exact) mass is 351 g/mol. The van der Waals surface area contributed by atoms with Gasteiger partial charge in [-0.1, -0.05) is 19.9 Å². The minimum atomic E-state index is 0.694. The number of piperazine rings is 1. The van der Waals surface area contributed by atoms with Crippen LogP contribution in [0.5, 0.6) is 0 Å². The zero-order chi connectivity index (χ0) is 15.4. The number of allylic oxidation sites excluding steroid dienone is 1. The van der Waals surface area contributed by atoms with Gasteiger partial charge in [0, 0.05) is 38.4 Å². The van der Waals surface area contributed by atoms with E-state index in [1.54, 1.807) is 0 Å². The molecule has 0 N–H and O–H groups in total. The minimum Gasteiger partial charge on any atom is -0.353 e. The van der Waals surface area contributed by atoms with Crippen LogP contribution < -0.4 is 4.90 Å². The second kappa shape index (κ2) is 7.41. The molecule has 1 aromatic heterocycles. The van der Waals surface area contributed by atoms with Crippen molar-refractivity contribution in [3.8, 4) is 0 Å². The van der Waals surface area contributed by atoms with Crippen LogP contribution in [0.1, 0.15) is 39.2 Å². The summed E-state index contributed by atoms with van der Waals surface area (Å²) in [4.78, 5) is 9.60. The summed E-state index contributed by atoms with van der Waals surface area (Å²) < 4.78 is 1.07. The summed E-state index contributed by atoms with van der Waals surface area (Å²) in [5.41, 5.74) is 2.15. The summed E-state index contributed by atoms with van der Waals surface area (Å²) >= 11 is 3.66. The van der Waals surface area contributed by atoms with Gasteiger partial charge in [0.1, 0.15) is 5.82 Å². The third-order valence-corrected chi connectivity index (χ3v) is 4.84. The molecule has 0 amide bonds. The van der Waals surface area contributed by atoms with Crippen LogP contribution in [0.2, 0.25) is 0 Å². The lowest BCUT2D eigenvalue weighted by molar-refractivity contribution is 0.187. The van der Waals surface area contributed by atoms with E-state index >= 15 is 0 Å². The minimum absolute atomic E-state index is 0.694. The molecule has 0 bridgehead atoms. The molecule has 2 rings (SSSR count). The zero-order valence-corrected chi connectivity index (χ0v) is 15.0. The molecule has 1 saturated heterocycles. The number of nitrogens with zero attached hydrogens (tertiary/aromatic N) is 3. The maximum atomic E-state index is 4.63. The molecule has 1 aromatic rings. The van der Waals surface area contributed by atoms with E-state index in [1.807, 2.05) is 13.1 Å². The van der Waals surface area contributed by atoms with Crippen molar-refractivity contribution in [1.29, 1.82) is 0 Å². The molecule has 0 aliphatic carbocycles. The lowest BCUT2D eigenvalue weighted by Gasteiger charge is -2.39. The Hall–Kier alpha value is -0.870. The van der Waals surface area contributed by atoms with Crippen molar-refractivity contribution < 1.29 is 0 Å². The molecule has 0 spiro atoms. The van der Waals surface area contributed by atoms with Crippen molar-refractivity contribution in [1.82, 2.24) is 9.88 Å². The Morgan fingerprint density at radius 1 is 1.38 bits per heavy atom. The van der Waals surface area contributed by atoms with E-state index in [9.17, 15) is 0 Å². The molecule has 4 heteroatoms. The van der Waals surface area contributed by atoms with E-state index in [4.69, 9.17) is 0 Å². The first-order valence-corrected chi connectivity index (χ1v) is 8.62. The lowest BCUT2D eigenvalue weighted by atomic mass is 10.1. The van der Waals surface area contributed by atoms with Crippen molar-refractivity contribution in [2.75, 3.05) is 31.1 Å². The highest BCUT2D eigenvalue weighted by atomic mass is 79.9. The van der Waals surface area contributed by atoms with Gasteiger partial charge in [-0.05, 0) is 53.4 Å². The molecule has 2 heterocycles. The summed E-state index contributed by atoms with van der Waals surface area (Å²) in [6.45, 7) is 14.9. The lowest BCUT2D eigenvalue weighted by Crippen LogP contribution is -2.49. The van der Waals surface area contributed by atoms with Crippen LogP contribution in [0, 0.1) is 0 Å². The van der Waals surface area contributed by atoms with E-state index in [0.717, 1.165) is 47.6 Å². The number of hydrogen-bond donors (Lipinski definition) is 0. The molecule has 0 saturated carbocycles. The maximum Gasteiger partial charge on any atom is 0.142 e. The Bertz CT molecular complexity index is 493. The van der Waals surface area contributed by atoms with Crippen LogP contribution in [-0.4, -0.2) is 42.1 Å². The SMILES string of the molecule is C=C(C)c1cnc(N2CCN(C(C)CCC)CC2)c(Br)c1. The molecule has 0 aromatic carbocycles. The molecular weight excluding hydrogens is 326 g/mol. The van der Waals surface area contributed by atoms with Crippen LogP contribution in [0.15, 0.2) is 23.3 Å². The first-order chi connectivity index (χ1) is 10.0. The van der Waals surface area contributed by atoms with E-state index in [1.165, 1.54) is 12.8 Å². The summed E-state index contributed by atoms with van der Waals surface area (Å²) in [5, 5.41) is 0. The van der Waals surface area contributed by atoms with Crippen LogP contribution in [0.4, 0.5) is 5.82 Å². The fraction of sp³-hybridized carbons (Fsp3) is 0.588. The number of halogens is 1. The van der Waals surface area contributed by atoms with Crippen molar-refractivity contribution >= 4 is 27.3 Å². The average molecular weight is 352 g/mol. The largest absolute Gasteiger partial charge is 0.353 e. The predicted molar refractivity (Wildman–Crippen MR) is 94.8 cm³/mol. The van der Waals surface area contributed by atoms with Gasteiger partial charge in [-0.25, -0.2) is 4.98 Å². The fourth-order valence-electron chi connectivity index (χ4n) is 2.87. The first-order valence-electron chi connectivity index (χ1n) is 7.83. The standard InChI is InChI=1S/C17H26BrN3/c1-5-6-14(4)20-7-9-21(10-8-20)17-16(18)11-15(12-19-17)13(2)3/h11-12,14H,2,5-10H2,1,3-4H3. The Kier molecular flexibility index (Phi) is 5.82. The van der Waals surface area contributed by atoms with Gasteiger partial charge in [-0.3, -0.25) is 4.90 Å². The van der Waals surface area contributed by atoms with Crippen molar-refractivity contribution in [2.24, 2.45) is 0 Å². The zero-order valence-electron chi connectivity index (χ0n) is 13.4. The molecule has 21 heavy (non-hydrogen) atoms. The summed E-state index contributed by atoms with van der Waals surface area (Å²) in [6, 6.07) is 2.82. The number of rotatable bonds is 5. The molecule has 116 valence electrons. The Balaban J connectivity index is 2.00. The van der Waals surface area contributed by atoms with E-state index < -0.39 is 0 Å². The summed E-state index contributed by atoms with van der Waals surface area (Å²) in [7, 11) is 0. The van der Waals surface area contributed by atoms with E-state index in [-0.39, 0.29) is 0 Å². The fourth-order valence-corrected chi connectivity index (χ4v) is 3.47. The molecule has 3 nitrogen and oxygen atoms in total. The predicted octanol–water partition coefficient (Wildman–Crippen LogP) is 4.19. The second-order valence-corrected chi connectivity index (χ2v) is 6.82. The van der Waals surface area contributed by atoms with Crippen LogP contribution >= 0.6 is 15.9 Å². The normalized spacial score (nSPS) is 17.8. The molecule has 1 fully saturated rings. The summed E-state index contributed by atoms with van der Waals surface area (Å²) in [6.07, 6.45) is 4.47. The number of pyridine rings is 1.